The fourth-order valence-electron chi connectivity index (χ4n) is 2.16. The van der Waals surface area contributed by atoms with Crippen molar-refractivity contribution in [3.63, 3.8) is 0 Å². The summed E-state index contributed by atoms with van der Waals surface area (Å²) >= 11 is 4.71. The van der Waals surface area contributed by atoms with Crippen molar-refractivity contribution in [2.75, 3.05) is 31.6 Å². The van der Waals surface area contributed by atoms with Gasteiger partial charge in [-0.2, -0.15) is 13.2 Å². The Bertz CT molecular complexity index is 589. The number of carbonyl (C=O) groups is 1. The molecule has 1 aliphatic rings. The van der Waals surface area contributed by atoms with E-state index >= 15 is 0 Å². The van der Waals surface area contributed by atoms with E-state index in [9.17, 15) is 18.0 Å². The van der Waals surface area contributed by atoms with Gasteiger partial charge in [0.1, 0.15) is 4.99 Å². The molecule has 0 aromatic heterocycles. The zero-order chi connectivity index (χ0) is 15.8. The number of thiocarbonyl (C=S) groups is 1. The second-order valence-electron chi connectivity index (χ2n) is 4.83. The summed E-state index contributed by atoms with van der Waals surface area (Å²) in [6, 6.07) is 3.58. The van der Waals surface area contributed by atoms with Crippen molar-refractivity contribution in [1.29, 1.82) is 0 Å². The molecular weight excluding hydrogens is 303 g/mol. The van der Waals surface area contributed by atoms with E-state index in [2.05, 4.69) is 0 Å². The van der Waals surface area contributed by atoms with Gasteiger partial charge in [-0.3, -0.25) is 4.79 Å². The lowest BCUT2D eigenvalue weighted by Gasteiger charge is -2.34. The van der Waals surface area contributed by atoms with Gasteiger partial charge in [0, 0.05) is 31.4 Å². The van der Waals surface area contributed by atoms with E-state index in [1.807, 2.05) is 0 Å². The first-order valence-electron chi connectivity index (χ1n) is 6.20. The van der Waals surface area contributed by atoms with Crippen LogP contribution in [0, 0.1) is 0 Å². The van der Waals surface area contributed by atoms with Crippen LogP contribution in [0.25, 0.3) is 0 Å². The largest absolute Gasteiger partial charge is 0.417 e. The van der Waals surface area contributed by atoms with Gasteiger partial charge in [-0.05, 0) is 18.2 Å². The maximum atomic E-state index is 12.9. The minimum absolute atomic E-state index is 0.0852. The highest BCUT2D eigenvalue weighted by Gasteiger charge is 2.34. The van der Waals surface area contributed by atoms with Crippen LogP contribution in [-0.2, 0) is 11.0 Å². The van der Waals surface area contributed by atoms with Gasteiger partial charge in [0.2, 0.25) is 5.91 Å². The third-order valence-electron chi connectivity index (χ3n) is 3.40. The van der Waals surface area contributed by atoms with Gasteiger partial charge in [0.25, 0.3) is 0 Å². The Hall–Kier alpha value is -1.83. The zero-order valence-electron chi connectivity index (χ0n) is 11.3. The number of nitrogens with zero attached hydrogens (tertiary/aromatic N) is 2. The lowest BCUT2D eigenvalue weighted by atomic mass is 10.0. The molecule has 0 bridgehead atoms. The second-order valence-corrected chi connectivity index (χ2v) is 5.27. The number of carbonyl (C=O) groups excluding carboxylic acids is 1. The van der Waals surface area contributed by atoms with Gasteiger partial charge in [-0.1, -0.05) is 12.2 Å². The van der Waals surface area contributed by atoms with Crippen LogP contribution in [0.1, 0.15) is 11.1 Å². The van der Waals surface area contributed by atoms with Crippen molar-refractivity contribution in [1.82, 2.24) is 4.90 Å². The SMILES string of the molecule is CN1CCN(c2ccc(C(F)(F)F)c(C(N)=S)c2)CC1=O. The van der Waals surface area contributed by atoms with E-state index in [0.717, 1.165) is 6.07 Å². The topological polar surface area (TPSA) is 49.6 Å². The quantitative estimate of drug-likeness (QED) is 0.842. The van der Waals surface area contributed by atoms with E-state index in [0.29, 0.717) is 18.8 Å². The Morgan fingerprint density at radius 3 is 2.52 bits per heavy atom. The predicted molar refractivity (Wildman–Crippen MR) is 77.2 cm³/mol. The van der Waals surface area contributed by atoms with Gasteiger partial charge in [0.05, 0.1) is 12.1 Å². The van der Waals surface area contributed by atoms with Crippen LogP contribution in [0.3, 0.4) is 0 Å². The molecule has 0 spiro atoms. The van der Waals surface area contributed by atoms with E-state index in [4.69, 9.17) is 18.0 Å². The van der Waals surface area contributed by atoms with Crippen molar-refractivity contribution in [2.24, 2.45) is 5.73 Å². The second kappa shape index (κ2) is 5.51. The lowest BCUT2D eigenvalue weighted by Crippen LogP contribution is -2.48. The van der Waals surface area contributed by atoms with Crippen LogP contribution < -0.4 is 10.6 Å². The van der Waals surface area contributed by atoms with Crippen molar-refractivity contribution in [2.45, 2.75) is 6.18 Å². The molecule has 0 saturated carbocycles. The molecule has 2 rings (SSSR count). The molecule has 1 aromatic rings. The summed E-state index contributed by atoms with van der Waals surface area (Å²) in [5.74, 6) is -0.0852. The molecule has 1 saturated heterocycles. The van der Waals surface area contributed by atoms with E-state index < -0.39 is 11.7 Å². The first kappa shape index (κ1) is 15.6. The number of alkyl halides is 3. The third-order valence-corrected chi connectivity index (χ3v) is 3.62. The number of likely N-dealkylation sites (N-methyl/N-ethyl adjacent to an activating group) is 1. The molecule has 2 N–H and O–H groups in total. The molecule has 4 nitrogen and oxygen atoms in total. The number of anilines is 1. The number of halogens is 3. The Morgan fingerprint density at radius 1 is 1.33 bits per heavy atom. The number of piperazine rings is 1. The average molecular weight is 317 g/mol. The highest BCUT2D eigenvalue weighted by atomic mass is 32.1. The number of hydrogen-bond acceptors (Lipinski definition) is 3. The molecule has 0 unspecified atom stereocenters. The van der Waals surface area contributed by atoms with Crippen molar-refractivity contribution in [3.8, 4) is 0 Å². The molecule has 1 amide bonds. The minimum Gasteiger partial charge on any atom is -0.389 e. The molecule has 1 heterocycles. The van der Waals surface area contributed by atoms with Gasteiger partial charge >= 0.3 is 6.18 Å². The summed E-state index contributed by atoms with van der Waals surface area (Å²) in [5.41, 5.74) is 4.82. The molecule has 21 heavy (non-hydrogen) atoms. The fraction of sp³-hybridized carbons (Fsp3) is 0.385. The van der Waals surface area contributed by atoms with Gasteiger partial charge < -0.3 is 15.5 Å². The number of nitrogens with two attached hydrogens (primary N) is 1. The summed E-state index contributed by atoms with van der Waals surface area (Å²) in [4.78, 5) is 14.7. The molecule has 1 aromatic carbocycles. The Morgan fingerprint density at radius 2 is 2.00 bits per heavy atom. The van der Waals surface area contributed by atoms with E-state index in [1.165, 1.54) is 12.1 Å². The van der Waals surface area contributed by atoms with Gasteiger partial charge in [-0.25, -0.2) is 0 Å². The number of hydrogen-bond donors (Lipinski definition) is 1. The summed E-state index contributed by atoms with van der Waals surface area (Å²) in [6.45, 7) is 1.19. The fourth-order valence-corrected chi connectivity index (χ4v) is 2.33. The lowest BCUT2D eigenvalue weighted by molar-refractivity contribution is -0.137. The van der Waals surface area contributed by atoms with Gasteiger partial charge in [0.15, 0.2) is 0 Å². The van der Waals surface area contributed by atoms with Crippen LogP contribution >= 0.6 is 12.2 Å². The average Bonchev–Trinajstić information content (AvgIpc) is 2.40. The highest BCUT2D eigenvalue weighted by Crippen LogP contribution is 2.34. The number of amides is 1. The molecule has 114 valence electrons. The smallest absolute Gasteiger partial charge is 0.389 e. The van der Waals surface area contributed by atoms with Crippen LogP contribution in [0.4, 0.5) is 18.9 Å². The van der Waals surface area contributed by atoms with Crippen molar-refractivity contribution >= 4 is 28.8 Å². The monoisotopic (exact) mass is 317 g/mol. The summed E-state index contributed by atoms with van der Waals surface area (Å²) < 4.78 is 38.7. The minimum atomic E-state index is -4.52. The predicted octanol–water partition coefficient (Wildman–Crippen LogP) is 1.62. The zero-order valence-corrected chi connectivity index (χ0v) is 12.1. The molecule has 1 fully saturated rings. The first-order valence-corrected chi connectivity index (χ1v) is 6.61. The summed E-state index contributed by atoms with van der Waals surface area (Å²) in [5, 5.41) is 0. The standard InChI is InChI=1S/C13H14F3N3OS/c1-18-4-5-19(7-11(18)20)8-2-3-10(13(14,15)16)9(6-8)12(17)21/h2-3,6H,4-5,7H2,1H3,(H2,17,21). The Balaban J connectivity index is 2.37. The Labute approximate surface area is 125 Å². The highest BCUT2D eigenvalue weighted by molar-refractivity contribution is 7.80. The number of rotatable bonds is 2. The number of benzene rings is 1. The van der Waals surface area contributed by atoms with Crippen molar-refractivity contribution in [3.05, 3.63) is 29.3 Å². The molecule has 0 radical (unpaired) electrons. The molecule has 0 atom stereocenters. The molecule has 1 aliphatic heterocycles. The maximum absolute atomic E-state index is 12.9. The first-order chi connectivity index (χ1) is 9.70. The van der Waals surface area contributed by atoms with Crippen LogP contribution in [-0.4, -0.2) is 42.5 Å². The van der Waals surface area contributed by atoms with E-state index in [-0.39, 0.29) is 23.0 Å². The Kier molecular flexibility index (Phi) is 4.08. The summed E-state index contributed by atoms with van der Waals surface area (Å²) in [6.07, 6.45) is -4.52. The maximum Gasteiger partial charge on any atom is 0.417 e. The molecular formula is C13H14F3N3OS. The van der Waals surface area contributed by atoms with Crippen molar-refractivity contribution < 1.29 is 18.0 Å². The molecule has 0 aliphatic carbocycles. The van der Waals surface area contributed by atoms with Crippen LogP contribution in [0.15, 0.2) is 18.2 Å². The third kappa shape index (κ3) is 3.26. The van der Waals surface area contributed by atoms with Crippen LogP contribution in [0.2, 0.25) is 0 Å². The van der Waals surface area contributed by atoms with Crippen LogP contribution in [0.5, 0.6) is 0 Å². The van der Waals surface area contributed by atoms with E-state index in [1.54, 1.807) is 16.8 Å². The normalized spacial score (nSPS) is 16.3. The molecule has 8 heteroatoms. The van der Waals surface area contributed by atoms with Gasteiger partial charge in [-0.15, -0.1) is 0 Å². The summed E-state index contributed by atoms with van der Waals surface area (Å²) in [7, 11) is 1.69.